The van der Waals surface area contributed by atoms with Gasteiger partial charge in [0, 0.05) is 44.8 Å². The van der Waals surface area contributed by atoms with Crippen molar-refractivity contribution in [2.75, 3.05) is 51.3 Å². The van der Waals surface area contributed by atoms with Crippen molar-refractivity contribution in [3.05, 3.63) is 29.3 Å². The summed E-state index contributed by atoms with van der Waals surface area (Å²) in [6.45, 7) is 9.96. The largest absolute Gasteiger partial charge is 0.385 e. The summed E-state index contributed by atoms with van der Waals surface area (Å²) >= 11 is 0. The molecule has 0 aromatic heterocycles. The normalized spacial score (nSPS) is 15.5. The van der Waals surface area contributed by atoms with Crippen LogP contribution in [0.2, 0.25) is 0 Å². The molecule has 1 aliphatic rings. The molecule has 0 bridgehead atoms. The van der Waals surface area contributed by atoms with Crippen molar-refractivity contribution >= 4 is 11.6 Å². The Labute approximate surface area is 133 Å². The number of hydrogen-bond acceptors (Lipinski definition) is 4. The average molecular weight is 305 g/mol. The summed E-state index contributed by atoms with van der Waals surface area (Å²) in [6, 6.07) is 6.34. The molecule has 1 fully saturated rings. The van der Waals surface area contributed by atoms with Crippen molar-refractivity contribution in [1.82, 2.24) is 10.2 Å². The Morgan fingerprint density at radius 3 is 2.50 bits per heavy atom. The minimum Gasteiger partial charge on any atom is -0.385 e. The second kappa shape index (κ2) is 8.76. The van der Waals surface area contributed by atoms with Gasteiger partial charge in [-0.15, -0.1) is 0 Å². The van der Waals surface area contributed by atoms with Crippen molar-refractivity contribution in [3.63, 3.8) is 0 Å². The van der Waals surface area contributed by atoms with Gasteiger partial charge in [-0.25, -0.2) is 0 Å². The van der Waals surface area contributed by atoms with Gasteiger partial charge < -0.3 is 15.4 Å². The quantitative estimate of drug-likeness (QED) is 0.802. The lowest BCUT2D eigenvalue weighted by molar-refractivity contribution is -0.120. The highest BCUT2D eigenvalue weighted by Crippen LogP contribution is 2.13. The molecule has 0 atom stereocenters. The molecule has 22 heavy (non-hydrogen) atoms. The molecule has 1 heterocycles. The molecule has 0 saturated carbocycles. The minimum absolute atomic E-state index is 0.102. The molecule has 1 aromatic carbocycles. The highest BCUT2D eigenvalue weighted by atomic mass is 16.5. The van der Waals surface area contributed by atoms with Crippen LogP contribution in [0, 0.1) is 13.8 Å². The first-order valence-electron chi connectivity index (χ1n) is 8.02. The van der Waals surface area contributed by atoms with E-state index in [1.54, 1.807) is 0 Å². The summed E-state index contributed by atoms with van der Waals surface area (Å²) < 4.78 is 5.30. The van der Waals surface area contributed by atoms with Gasteiger partial charge in [-0.05, 0) is 37.1 Å². The van der Waals surface area contributed by atoms with Crippen LogP contribution in [0.4, 0.5) is 5.69 Å². The topological polar surface area (TPSA) is 53.6 Å². The minimum atomic E-state index is 0.102. The zero-order valence-corrected chi connectivity index (χ0v) is 13.7. The van der Waals surface area contributed by atoms with Crippen LogP contribution in [0.15, 0.2) is 18.2 Å². The molecule has 1 saturated heterocycles. The predicted molar refractivity (Wildman–Crippen MR) is 89.3 cm³/mol. The van der Waals surface area contributed by atoms with Crippen molar-refractivity contribution in [2.24, 2.45) is 0 Å². The molecule has 0 unspecified atom stereocenters. The van der Waals surface area contributed by atoms with Gasteiger partial charge in [-0.1, -0.05) is 6.07 Å². The summed E-state index contributed by atoms with van der Waals surface area (Å²) in [5, 5.41) is 6.29. The maximum absolute atomic E-state index is 11.8. The SMILES string of the molecule is Cc1cc(C)cc(NCCC(=O)NCCN2CCOCC2)c1. The van der Waals surface area contributed by atoms with E-state index in [9.17, 15) is 4.79 Å². The van der Waals surface area contributed by atoms with E-state index in [2.05, 4.69) is 47.6 Å². The average Bonchev–Trinajstić information content (AvgIpc) is 2.47. The number of carbonyl (C=O) groups excluding carboxylic acids is 1. The molecule has 0 radical (unpaired) electrons. The number of carbonyl (C=O) groups is 1. The Bertz CT molecular complexity index is 465. The van der Waals surface area contributed by atoms with Crippen LogP contribution in [-0.2, 0) is 9.53 Å². The van der Waals surface area contributed by atoms with Crippen LogP contribution in [-0.4, -0.2) is 56.7 Å². The highest BCUT2D eigenvalue weighted by molar-refractivity contribution is 5.76. The molecule has 5 heteroatoms. The molecule has 122 valence electrons. The first-order valence-corrected chi connectivity index (χ1v) is 8.02. The first kappa shape index (κ1) is 16.8. The fraction of sp³-hybridized carbons (Fsp3) is 0.588. The number of morpholine rings is 1. The lowest BCUT2D eigenvalue weighted by Crippen LogP contribution is -2.41. The fourth-order valence-electron chi connectivity index (χ4n) is 2.66. The van der Waals surface area contributed by atoms with Crippen molar-refractivity contribution < 1.29 is 9.53 Å². The van der Waals surface area contributed by atoms with E-state index in [1.807, 2.05) is 0 Å². The highest BCUT2D eigenvalue weighted by Gasteiger charge is 2.10. The Kier molecular flexibility index (Phi) is 6.68. The lowest BCUT2D eigenvalue weighted by atomic mass is 10.1. The van der Waals surface area contributed by atoms with Crippen LogP contribution in [0.1, 0.15) is 17.5 Å². The Morgan fingerprint density at radius 2 is 1.82 bits per heavy atom. The molecule has 5 nitrogen and oxygen atoms in total. The maximum atomic E-state index is 11.8. The number of aryl methyl sites for hydroxylation is 2. The van der Waals surface area contributed by atoms with E-state index in [4.69, 9.17) is 4.74 Å². The Hall–Kier alpha value is -1.59. The smallest absolute Gasteiger partial charge is 0.221 e. The molecular weight excluding hydrogens is 278 g/mol. The summed E-state index contributed by atoms with van der Waals surface area (Å²) in [5.74, 6) is 0.102. The molecule has 2 rings (SSSR count). The summed E-state index contributed by atoms with van der Waals surface area (Å²) in [6.07, 6.45) is 0.496. The van der Waals surface area contributed by atoms with Gasteiger partial charge >= 0.3 is 0 Å². The second-order valence-electron chi connectivity index (χ2n) is 5.86. The third-order valence-corrected chi connectivity index (χ3v) is 3.76. The van der Waals surface area contributed by atoms with E-state index in [0.717, 1.165) is 38.5 Å². The monoisotopic (exact) mass is 305 g/mol. The van der Waals surface area contributed by atoms with E-state index in [0.29, 0.717) is 19.5 Å². The number of nitrogens with one attached hydrogen (secondary N) is 2. The van der Waals surface area contributed by atoms with E-state index in [-0.39, 0.29) is 5.91 Å². The third kappa shape index (κ3) is 6.03. The molecule has 0 aliphatic carbocycles. The van der Waals surface area contributed by atoms with Gasteiger partial charge in [-0.2, -0.15) is 0 Å². The third-order valence-electron chi connectivity index (χ3n) is 3.76. The maximum Gasteiger partial charge on any atom is 0.221 e. The molecule has 1 aliphatic heterocycles. The van der Waals surface area contributed by atoms with Crippen LogP contribution in [0.3, 0.4) is 0 Å². The van der Waals surface area contributed by atoms with Crippen molar-refractivity contribution in [1.29, 1.82) is 0 Å². The summed E-state index contributed by atoms with van der Waals surface area (Å²) in [4.78, 5) is 14.1. The number of rotatable bonds is 7. The lowest BCUT2D eigenvalue weighted by Gasteiger charge is -2.26. The number of anilines is 1. The number of amides is 1. The predicted octanol–water partition coefficient (Wildman–Crippen LogP) is 1.55. The zero-order chi connectivity index (χ0) is 15.8. The molecule has 1 aromatic rings. The van der Waals surface area contributed by atoms with Crippen LogP contribution < -0.4 is 10.6 Å². The van der Waals surface area contributed by atoms with Gasteiger partial charge in [-0.3, -0.25) is 9.69 Å². The molecule has 0 spiro atoms. The Balaban J connectivity index is 1.59. The number of hydrogen-bond donors (Lipinski definition) is 2. The van der Waals surface area contributed by atoms with E-state index < -0.39 is 0 Å². The van der Waals surface area contributed by atoms with Crippen LogP contribution >= 0.6 is 0 Å². The van der Waals surface area contributed by atoms with Gasteiger partial charge in [0.25, 0.3) is 0 Å². The van der Waals surface area contributed by atoms with Crippen molar-refractivity contribution in [2.45, 2.75) is 20.3 Å². The van der Waals surface area contributed by atoms with Gasteiger partial charge in [0.2, 0.25) is 5.91 Å². The van der Waals surface area contributed by atoms with Gasteiger partial charge in [0.1, 0.15) is 0 Å². The van der Waals surface area contributed by atoms with E-state index in [1.165, 1.54) is 11.1 Å². The zero-order valence-electron chi connectivity index (χ0n) is 13.7. The number of benzene rings is 1. The van der Waals surface area contributed by atoms with Gasteiger partial charge in [0.05, 0.1) is 13.2 Å². The Morgan fingerprint density at radius 1 is 1.14 bits per heavy atom. The molecular formula is C17H27N3O2. The number of ether oxygens (including phenoxy) is 1. The van der Waals surface area contributed by atoms with E-state index >= 15 is 0 Å². The summed E-state index contributed by atoms with van der Waals surface area (Å²) in [7, 11) is 0. The first-order chi connectivity index (χ1) is 10.6. The standard InChI is InChI=1S/C17H27N3O2/c1-14-11-15(2)13-16(12-14)18-4-3-17(21)19-5-6-20-7-9-22-10-8-20/h11-13,18H,3-10H2,1-2H3,(H,19,21). The molecule has 1 amide bonds. The second-order valence-corrected chi connectivity index (χ2v) is 5.86. The van der Waals surface area contributed by atoms with Gasteiger partial charge in [0.15, 0.2) is 0 Å². The van der Waals surface area contributed by atoms with Crippen LogP contribution in [0.25, 0.3) is 0 Å². The number of nitrogens with zero attached hydrogens (tertiary/aromatic N) is 1. The molecule has 2 N–H and O–H groups in total. The van der Waals surface area contributed by atoms with Crippen LogP contribution in [0.5, 0.6) is 0 Å². The van der Waals surface area contributed by atoms with Crippen molar-refractivity contribution in [3.8, 4) is 0 Å². The summed E-state index contributed by atoms with van der Waals surface area (Å²) in [5.41, 5.74) is 3.55. The fourth-order valence-corrected chi connectivity index (χ4v) is 2.66.